The van der Waals surface area contributed by atoms with Crippen molar-refractivity contribution in [3.8, 4) is 28.7 Å². The highest BCUT2D eigenvalue weighted by Gasteiger charge is 2.43. The second-order valence-electron chi connectivity index (χ2n) is 9.53. The van der Waals surface area contributed by atoms with Gasteiger partial charge in [-0.1, -0.05) is 25.1 Å². The Kier molecular flexibility index (Phi) is 7.60. The molecule has 0 radical (unpaired) electrons. The number of aliphatic carboxylic acids is 1. The number of ether oxygens (including phenoxy) is 5. The molecular formula is C30H33NO7. The van der Waals surface area contributed by atoms with Gasteiger partial charge in [0, 0.05) is 23.5 Å². The molecule has 0 aromatic heterocycles. The summed E-state index contributed by atoms with van der Waals surface area (Å²) in [5.74, 6) is 2.31. The number of rotatable bonds is 11. The first-order chi connectivity index (χ1) is 18.5. The van der Waals surface area contributed by atoms with Gasteiger partial charge in [0.05, 0.1) is 13.7 Å². The maximum atomic E-state index is 11.4. The molecule has 5 rings (SSSR count). The summed E-state index contributed by atoms with van der Waals surface area (Å²) in [5, 5.41) is 9.33. The molecule has 3 unspecified atom stereocenters. The van der Waals surface area contributed by atoms with Gasteiger partial charge in [0.1, 0.15) is 17.2 Å². The Morgan fingerprint density at radius 1 is 0.947 bits per heavy atom. The number of carbonyl (C=O) groups is 1. The Morgan fingerprint density at radius 2 is 1.74 bits per heavy atom. The van der Waals surface area contributed by atoms with Gasteiger partial charge in [-0.05, 0) is 72.3 Å². The second-order valence-corrected chi connectivity index (χ2v) is 9.53. The molecule has 1 aliphatic heterocycles. The average molecular weight is 520 g/mol. The standard InChI is InChI=1S/C30H33NO7/c1-3-12-35-20-6-7-21-24(14-20)30(22-8-5-19(34-2)15-26(22)36-16-28(32)33)23(10-11-31)29(21)18-4-9-25-27(13-18)38-17-37-25/h4-9,13-15,23,29-30H,3,10-12,16-17,31H2,1-2H3,(H,32,33). The predicted octanol–water partition coefficient (Wildman–Crippen LogP) is 4.92. The van der Waals surface area contributed by atoms with Crippen LogP contribution in [0, 0.1) is 5.92 Å². The molecule has 0 amide bonds. The highest BCUT2D eigenvalue weighted by atomic mass is 16.7. The smallest absolute Gasteiger partial charge is 0.341 e. The van der Waals surface area contributed by atoms with Crippen LogP contribution in [0.1, 0.15) is 53.9 Å². The van der Waals surface area contributed by atoms with Crippen molar-refractivity contribution in [1.82, 2.24) is 0 Å². The first kappa shape index (κ1) is 25.7. The van der Waals surface area contributed by atoms with Crippen LogP contribution in [0.15, 0.2) is 54.6 Å². The number of methoxy groups -OCH3 is 1. The van der Waals surface area contributed by atoms with Crippen molar-refractivity contribution in [2.24, 2.45) is 11.7 Å². The van der Waals surface area contributed by atoms with E-state index < -0.39 is 12.6 Å². The van der Waals surface area contributed by atoms with E-state index in [-0.39, 0.29) is 24.5 Å². The highest BCUT2D eigenvalue weighted by molar-refractivity contribution is 5.69. The SMILES string of the molecule is CCCOc1ccc2c(c1)C(c1ccc(OC)cc1OCC(=O)O)C(CCN)C2c1ccc2c(c1)OCO2. The molecule has 8 heteroatoms. The van der Waals surface area contributed by atoms with Gasteiger partial charge in [-0.25, -0.2) is 4.79 Å². The van der Waals surface area contributed by atoms with E-state index in [1.165, 1.54) is 5.56 Å². The molecule has 2 aliphatic rings. The van der Waals surface area contributed by atoms with E-state index in [1.54, 1.807) is 13.2 Å². The molecule has 1 heterocycles. The van der Waals surface area contributed by atoms with Crippen molar-refractivity contribution in [3.63, 3.8) is 0 Å². The van der Waals surface area contributed by atoms with Crippen molar-refractivity contribution < 1.29 is 33.6 Å². The number of nitrogens with two attached hydrogens (primary N) is 1. The van der Waals surface area contributed by atoms with Gasteiger partial charge in [-0.15, -0.1) is 0 Å². The number of carboxylic acids is 1. The summed E-state index contributed by atoms with van der Waals surface area (Å²) in [6.07, 6.45) is 1.65. The maximum Gasteiger partial charge on any atom is 0.341 e. The summed E-state index contributed by atoms with van der Waals surface area (Å²) in [5.41, 5.74) is 10.5. The Bertz CT molecular complexity index is 1310. The van der Waals surface area contributed by atoms with Crippen molar-refractivity contribution in [3.05, 3.63) is 76.9 Å². The molecule has 0 saturated carbocycles. The van der Waals surface area contributed by atoms with Crippen LogP contribution in [-0.2, 0) is 4.79 Å². The van der Waals surface area contributed by atoms with Gasteiger partial charge in [0.15, 0.2) is 18.1 Å². The van der Waals surface area contributed by atoms with Gasteiger partial charge >= 0.3 is 5.97 Å². The van der Waals surface area contributed by atoms with Crippen LogP contribution in [-0.4, -0.2) is 44.7 Å². The van der Waals surface area contributed by atoms with E-state index in [0.29, 0.717) is 24.7 Å². The third-order valence-corrected chi connectivity index (χ3v) is 7.22. The maximum absolute atomic E-state index is 11.4. The summed E-state index contributed by atoms with van der Waals surface area (Å²) in [6, 6.07) is 18.0. The lowest BCUT2D eigenvalue weighted by molar-refractivity contribution is -0.139. The number of carboxylic acid groups (broad SMARTS) is 1. The summed E-state index contributed by atoms with van der Waals surface area (Å²) in [7, 11) is 1.57. The quantitative estimate of drug-likeness (QED) is 0.368. The van der Waals surface area contributed by atoms with Crippen LogP contribution < -0.4 is 29.4 Å². The zero-order valence-corrected chi connectivity index (χ0v) is 21.6. The largest absolute Gasteiger partial charge is 0.497 e. The minimum atomic E-state index is -1.04. The molecule has 0 bridgehead atoms. The first-order valence-electron chi connectivity index (χ1n) is 12.9. The molecule has 0 fully saturated rings. The summed E-state index contributed by atoms with van der Waals surface area (Å²) >= 11 is 0. The summed E-state index contributed by atoms with van der Waals surface area (Å²) < 4.78 is 28.5. The summed E-state index contributed by atoms with van der Waals surface area (Å²) in [6.45, 7) is 2.95. The van der Waals surface area contributed by atoms with Crippen LogP contribution in [0.5, 0.6) is 28.7 Å². The third kappa shape index (κ3) is 4.96. The van der Waals surface area contributed by atoms with Crippen molar-refractivity contribution in [1.29, 1.82) is 0 Å². The monoisotopic (exact) mass is 519 g/mol. The molecule has 0 saturated heterocycles. The van der Waals surface area contributed by atoms with E-state index in [0.717, 1.165) is 46.8 Å². The normalized spacial score (nSPS) is 19.2. The highest BCUT2D eigenvalue weighted by Crippen LogP contribution is 2.56. The van der Waals surface area contributed by atoms with E-state index in [2.05, 4.69) is 31.2 Å². The van der Waals surface area contributed by atoms with Crippen molar-refractivity contribution in [2.45, 2.75) is 31.6 Å². The molecule has 3 atom stereocenters. The minimum Gasteiger partial charge on any atom is -0.497 e. The lowest BCUT2D eigenvalue weighted by Crippen LogP contribution is -2.20. The zero-order chi connectivity index (χ0) is 26.6. The first-order valence-corrected chi connectivity index (χ1v) is 12.9. The lowest BCUT2D eigenvalue weighted by Gasteiger charge is -2.27. The number of fused-ring (bicyclic) bond motifs is 2. The fourth-order valence-corrected chi connectivity index (χ4v) is 5.69. The molecule has 0 spiro atoms. The molecule has 3 N–H and O–H groups in total. The number of hydrogen-bond acceptors (Lipinski definition) is 7. The topological polar surface area (TPSA) is 109 Å². The Balaban J connectivity index is 1.66. The van der Waals surface area contributed by atoms with Crippen LogP contribution >= 0.6 is 0 Å². The van der Waals surface area contributed by atoms with Crippen LogP contribution in [0.4, 0.5) is 0 Å². The molecule has 3 aromatic rings. The fourth-order valence-electron chi connectivity index (χ4n) is 5.69. The predicted molar refractivity (Wildman–Crippen MR) is 142 cm³/mol. The fraction of sp³-hybridized carbons (Fsp3) is 0.367. The van der Waals surface area contributed by atoms with Crippen LogP contribution in [0.25, 0.3) is 0 Å². The van der Waals surface area contributed by atoms with Gasteiger partial charge < -0.3 is 34.5 Å². The Hall–Kier alpha value is -3.91. The van der Waals surface area contributed by atoms with Crippen molar-refractivity contribution >= 4 is 5.97 Å². The molecule has 8 nitrogen and oxygen atoms in total. The number of benzene rings is 3. The average Bonchev–Trinajstić information content (AvgIpc) is 3.52. The van der Waals surface area contributed by atoms with E-state index in [4.69, 9.17) is 29.4 Å². The number of hydrogen-bond donors (Lipinski definition) is 2. The summed E-state index contributed by atoms with van der Waals surface area (Å²) in [4.78, 5) is 11.4. The second kappa shape index (κ2) is 11.2. The molecule has 1 aliphatic carbocycles. The minimum absolute atomic E-state index is 0.0303. The molecule has 200 valence electrons. The van der Waals surface area contributed by atoms with Crippen LogP contribution in [0.2, 0.25) is 0 Å². The Labute approximate surface area is 222 Å². The van der Waals surface area contributed by atoms with Gasteiger partial charge in [-0.2, -0.15) is 0 Å². The van der Waals surface area contributed by atoms with E-state index >= 15 is 0 Å². The van der Waals surface area contributed by atoms with Gasteiger partial charge in [0.25, 0.3) is 0 Å². The lowest BCUT2D eigenvalue weighted by atomic mass is 9.77. The van der Waals surface area contributed by atoms with Gasteiger partial charge in [-0.3, -0.25) is 0 Å². The molecule has 3 aromatic carbocycles. The Morgan fingerprint density at radius 3 is 2.50 bits per heavy atom. The molecule has 38 heavy (non-hydrogen) atoms. The van der Waals surface area contributed by atoms with Crippen molar-refractivity contribution in [2.75, 3.05) is 33.7 Å². The third-order valence-electron chi connectivity index (χ3n) is 7.22. The van der Waals surface area contributed by atoms with Crippen LogP contribution in [0.3, 0.4) is 0 Å². The van der Waals surface area contributed by atoms with Gasteiger partial charge in [0.2, 0.25) is 6.79 Å². The van der Waals surface area contributed by atoms with E-state index in [1.807, 2.05) is 24.3 Å². The zero-order valence-electron chi connectivity index (χ0n) is 21.6. The van der Waals surface area contributed by atoms with E-state index in [9.17, 15) is 9.90 Å². The molecular weight excluding hydrogens is 486 g/mol.